The standard InChI is InChI=1S/C18H16N2O3/c1-23-18(22)12-8-6-11(7-9-12)16-13-4-2-3-5-15(13)20-17(21)14(16)10-19/h6-9H,2-5H2,1H3,(H,20,21)/i14+1. The summed E-state index contributed by atoms with van der Waals surface area (Å²) in [6.45, 7) is 0. The largest absolute Gasteiger partial charge is 0.465 e. The molecule has 0 bridgehead atoms. The smallest absolute Gasteiger partial charge is 0.337 e. The van der Waals surface area contributed by atoms with Crippen molar-refractivity contribution >= 4 is 5.97 Å². The highest BCUT2D eigenvalue weighted by Gasteiger charge is 2.21. The molecule has 0 aliphatic heterocycles. The zero-order valence-electron chi connectivity index (χ0n) is 12.8. The summed E-state index contributed by atoms with van der Waals surface area (Å²) in [4.78, 5) is 26.6. The van der Waals surface area contributed by atoms with Crippen LogP contribution in [-0.4, -0.2) is 18.1 Å². The number of nitriles is 1. The van der Waals surface area contributed by atoms with E-state index in [9.17, 15) is 14.9 Å². The summed E-state index contributed by atoms with van der Waals surface area (Å²) in [5.41, 5.74) is 3.66. The fraction of sp³-hybridized carbons (Fsp3) is 0.278. The Bertz CT molecular complexity index is 858. The topological polar surface area (TPSA) is 83.0 Å². The van der Waals surface area contributed by atoms with Crippen molar-refractivity contribution in [1.82, 2.24) is 4.98 Å². The number of aromatic amines is 1. The van der Waals surface area contributed by atoms with Crippen LogP contribution in [-0.2, 0) is 17.6 Å². The van der Waals surface area contributed by atoms with Crippen LogP contribution in [0.15, 0.2) is 29.1 Å². The number of nitrogens with one attached hydrogen (secondary N) is 1. The number of methoxy groups -OCH3 is 1. The summed E-state index contributed by atoms with van der Waals surface area (Å²) < 4.78 is 4.69. The van der Waals surface area contributed by atoms with E-state index in [0.717, 1.165) is 42.5 Å². The Balaban J connectivity index is 2.19. The minimum absolute atomic E-state index is 0.136. The molecule has 1 aliphatic carbocycles. The van der Waals surface area contributed by atoms with Crippen molar-refractivity contribution < 1.29 is 9.53 Å². The molecule has 2 aromatic rings. The molecule has 0 radical (unpaired) electrons. The molecule has 0 saturated carbocycles. The fourth-order valence-electron chi connectivity index (χ4n) is 3.10. The van der Waals surface area contributed by atoms with Gasteiger partial charge in [-0.1, -0.05) is 12.1 Å². The SMILES string of the molecule is COC(=O)c1ccc(-c2c3c([nH]c(=O)[13c]2C#N)CCCC3)cc1. The molecule has 23 heavy (non-hydrogen) atoms. The number of carbonyl (C=O) groups excluding carboxylic acids is 1. The predicted octanol–water partition coefficient (Wildman–Crippen LogP) is 2.58. The Hall–Kier alpha value is -2.87. The Kier molecular flexibility index (Phi) is 3.98. The molecule has 0 atom stereocenters. The van der Waals surface area contributed by atoms with Crippen LogP contribution in [0.2, 0.25) is 0 Å². The van der Waals surface area contributed by atoms with E-state index in [1.165, 1.54) is 7.11 Å². The Morgan fingerprint density at radius 3 is 2.57 bits per heavy atom. The van der Waals surface area contributed by atoms with Crippen molar-refractivity contribution in [3.05, 3.63) is 57.0 Å². The second-order valence-electron chi connectivity index (χ2n) is 5.55. The molecule has 0 unspecified atom stereocenters. The van der Waals surface area contributed by atoms with Crippen LogP contribution in [0.5, 0.6) is 0 Å². The number of esters is 1. The predicted molar refractivity (Wildman–Crippen MR) is 85.2 cm³/mol. The lowest BCUT2D eigenvalue weighted by molar-refractivity contribution is 0.0601. The molecule has 5 heteroatoms. The zero-order chi connectivity index (χ0) is 16.4. The van der Waals surface area contributed by atoms with E-state index in [0.29, 0.717) is 11.1 Å². The number of pyridine rings is 1. The van der Waals surface area contributed by atoms with E-state index in [1.807, 2.05) is 6.07 Å². The molecule has 0 fully saturated rings. The molecular weight excluding hydrogens is 293 g/mol. The number of hydrogen-bond acceptors (Lipinski definition) is 4. The van der Waals surface area contributed by atoms with Gasteiger partial charge in [-0.15, -0.1) is 0 Å². The quantitative estimate of drug-likeness (QED) is 0.864. The molecule has 0 saturated heterocycles. The molecule has 0 spiro atoms. The van der Waals surface area contributed by atoms with Crippen molar-refractivity contribution in [2.75, 3.05) is 7.11 Å². The van der Waals surface area contributed by atoms with Crippen molar-refractivity contribution in [3.8, 4) is 17.2 Å². The zero-order valence-corrected chi connectivity index (χ0v) is 12.8. The van der Waals surface area contributed by atoms with E-state index < -0.39 is 5.97 Å². The minimum atomic E-state index is -0.412. The van der Waals surface area contributed by atoms with Gasteiger partial charge in [0.2, 0.25) is 0 Å². The highest BCUT2D eigenvalue weighted by Crippen LogP contribution is 2.32. The number of ether oxygens (including phenoxy) is 1. The van der Waals surface area contributed by atoms with Crippen LogP contribution in [0.25, 0.3) is 11.1 Å². The maximum absolute atomic E-state index is 12.2. The number of H-pyrrole nitrogens is 1. The Morgan fingerprint density at radius 2 is 1.91 bits per heavy atom. The van der Waals surface area contributed by atoms with Crippen molar-refractivity contribution in [2.45, 2.75) is 25.7 Å². The second-order valence-corrected chi connectivity index (χ2v) is 5.55. The second kappa shape index (κ2) is 6.09. The number of aromatic nitrogens is 1. The molecule has 5 nitrogen and oxygen atoms in total. The van der Waals surface area contributed by atoms with Gasteiger partial charge in [0.25, 0.3) is 5.56 Å². The van der Waals surface area contributed by atoms with Crippen LogP contribution >= 0.6 is 0 Å². The first-order chi connectivity index (χ1) is 11.2. The van der Waals surface area contributed by atoms with Crippen molar-refractivity contribution in [3.63, 3.8) is 0 Å². The van der Waals surface area contributed by atoms with Gasteiger partial charge in [-0.2, -0.15) is 5.26 Å². The first-order valence-corrected chi connectivity index (χ1v) is 7.52. The minimum Gasteiger partial charge on any atom is -0.465 e. The van der Waals surface area contributed by atoms with Crippen molar-refractivity contribution in [2.24, 2.45) is 0 Å². The molecular formula is C18H16N2O3. The first-order valence-electron chi connectivity index (χ1n) is 7.52. The summed E-state index contributed by atoms with van der Waals surface area (Å²) in [7, 11) is 1.33. The monoisotopic (exact) mass is 309 g/mol. The third-order valence-corrected chi connectivity index (χ3v) is 4.22. The van der Waals surface area contributed by atoms with Gasteiger partial charge in [0.05, 0.1) is 12.7 Å². The van der Waals surface area contributed by atoms with E-state index in [1.54, 1.807) is 24.3 Å². The number of aryl methyl sites for hydroxylation is 1. The van der Waals surface area contributed by atoms with Crippen LogP contribution in [0.4, 0.5) is 0 Å². The fourth-order valence-corrected chi connectivity index (χ4v) is 3.10. The molecule has 1 heterocycles. The van der Waals surface area contributed by atoms with Gasteiger partial charge < -0.3 is 9.72 Å². The maximum atomic E-state index is 12.2. The molecule has 116 valence electrons. The maximum Gasteiger partial charge on any atom is 0.337 e. The summed E-state index contributed by atoms with van der Waals surface area (Å²) >= 11 is 0. The summed E-state index contributed by atoms with van der Waals surface area (Å²) in [5.74, 6) is -0.412. The molecule has 3 rings (SSSR count). The van der Waals surface area contributed by atoms with Crippen LogP contribution in [0.3, 0.4) is 0 Å². The summed E-state index contributed by atoms with van der Waals surface area (Å²) in [5, 5.41) is 9.40. The Morgan fingerprint density at radius 1 is 1.22 bits per heavy atom. The third kappa shape index (κ3) is 2.64. The van der Waals surface area contributed by atoms with Crippen LogP contribution in [0.1, 0.15) is 40.0 Å². The van der Waals surface area contributed by atoms with Gasteiger partial charge in [-0.3, -0.25) is 4.79 Å². The molecule has 0 amide bonds. The lowest BCUT2D eigenvalue weighted by Crippen LogP contribution is -2.20. The van der Waals surface area contributed by atoms with E-state index in [4.69, 9.17) is 4.74 Å². The molecule has 1 aromatic carbocycles. The summed E-state index contributed by atoms with van der Waals surface area (Å²) in [6.07, 6.45) is 3.74. The number of rotatable bonds is 2. The van der Waals surface area contributed by atoms with Gasteiger partial charge in [0.1, 0.15) is 11.6 Å². The number of nitrogens with zero attached hydrogens (tertiary/aromatic N) is 1. The average molecular weight is 309 g/mol. The number of hydrogen-bond donors (Lipinski definition) is 1. The lowest BCUT2D eigenvalue weighted by Gasteiger charge is -2.20. The highest BCUT2D eigenvalue weighted by atomic mass is 16.5. The van der Waals surface area contributed by atoms with Crippen LogP contribution in [0, 0.1) is 11.3 Å². The van der Waals surface area contributed by atoms with Gasteiger partial charge in [-0.25, -0.2) is 4.79 Å². The average Bonchev–Trinajstić information content (AvgIpc) is 2.60. The number of benzene rings is 1. The molecule has 1 aromatic heterocycles. The lowest BCUT2D eigenvalue weighted by atomic mass is 9.90. The third-order valence-electron chi connectivity index (χ3n) is 4.22. The highest BCUT2D eigenvalue weighted by molar-refractivity contribution is 5.90. The molecule has 1 N–H and O–H groups in total. The van der Waals surface area contributed by atoms with Gasteiger partial charge in [0.15, 0.2) is 0 Å². The summed E-state index contributed by atoms with van der Waals surface area (Å²) in [6, 6.07) is 8.85. The first kappa shape index (κ1) is 15.0. The van der Waals surface area contributed by atoms with E-state index in [2.05, 4.69) is 4.98 Å². The normalized spacial score (nSPS) is 13.0. The van der Waals surface area contributed by atoms with Gasteiger partial charge in [-0.05, 0) is 48.9 Å². The van der Waals surface area contributed by atoms with Crippen molar-refractivity contribution in [1.29, 1.82) is 5.26 Å². The molecule has 1 aliphatic rings. The van der Waals surface area contributed by atoms with Crippen LogP contribution < -0.4 is 5.56 Å². The van der Waals surface area contributed by atoms with Gasteiger partial charge in [0, 0.05) is 11.3 Å². The Labute approximate surface area is 133 Å². The number of carbonyl (C=O) groups is 1. The number of fused-ring (bicyclic) bond motifs is 1. The van der Waals surface area contributed by atoms with Gasteiger partial charge >= 0.3 is 5.97 Å². The van der Waals surface area contributed by atoms with E-state index >= 15 is 0 Å². The van der Waals surface area contributed by atoms with E-state index in [-0.39, 0.29) is 11.1 Å².